The van der Waals surface area contributed by atoms with E-state index in [1.165, 1.54) is 4.88 Å². The fourth-order valence-corrected chi connectivity index (χ4v) is 2.86. The van der Waals surface area contributed by atoms with E-state index in [1.807, 2.05) is 48.7 Å². The smallest absolute Gasteiger partial charge is 0.221 e. The van der Waals surface area contributed by atoms with Crippen LogP contribution >= 0.6 is 11.3 Å². The first-order valence-electron chi connectivity index (χ1n) is 6.74. The Morgan fingerprint density at radius 2 is 1.95 bits per heavy atom. The number of hydrogen-bond donors (Lipinski definition) is 2. The van der Waals surface area contributed by atoms with Crippen molar-refractivity contribution in [3.8, 4) is 0 Å². The molecule has 1 aromatic heterocycles. The molecule has 20 heavy (non-hydrogen) atoms. The van der Waals surface area contributed by atoms with Crippen LogP contribution in [0.4, 0.5) is 5.69 Å². The molecule has 2 atom stereocenters. The number of amides is 1. The SMILES string of the molecule is CC(CC(=O)NC(C)c1cccs1)c1ccc(N)cc1. The van der Waals surface area contributed by atoms with Crippen molar-refractivity contribution in [2.75, 3.05) is 5.73 Å². The van der Waals surface area contributed by atoms with Gasteiger partial charge in [0.2, 0.25) is 5.91 Å². The van der Waals surface area contributed by atoms with Crippen LogP contribution < -0.4 is 11.1 Å². The number of hydrogen-bond acceptors (Lipinski definition) is 3. The van der Waals surface area contributed by atoms with E-state index < -0.39 is 0 Å². The molecule has 0 aliphatic heterocycles. The Balaban J connectivity index is 1.89. The lowest BCUT2D eigenvalue weighted by Gasteiger charge is -2.15. The highest BCUT2D eigenvalue weighted by molar-refractivity contribution is 7.10. The van der Waals surface area contributed by atoms with Crippen molar-refractivity contribution in [2.24, 2.45) is 0 Å². The van der Waals surface area contributed by atoms with Crippen LogP contribution in [-0.4, -0.2) is 5.91 Å². The van der Waals surface area contributed by atoms with Crippen molar-refractivity contribution in [2.45, 2.75) is 32.2 Å². The molecule has 2 aromatic rings. The van der Waals surface area contributed by atoms with Crippen LogP contribution in [0.1, 0.15) is 42.7 Å². The number of rotatable bonds is 5. The van der Waals surface area contributed by atoms with E-state index in [4.69, 9.17) is 5.73 Å². The minimum absolute atomic E-state index is 0.0705. The zero-order valence-corrected chi connectivity index (χ0v) is 12.6. The van der Waals surface area contributed by atoms with E-state index >= 15 is 0 Å². The summed E-state index contributed by atoms with van der Waals surface area (Å²) >= 11 is 1.66. The summed E-state index contributed by atoms with van der Waals surface area (Å²) < 4.78 is 0. The third-order valence-corrected chi connectivity index (χ3v) is 4.40. The predicted molar refractivity (Wildman–Crippen MR) is 84.8 cm³/mol. The number of anilines is 1. The lowest BCUT2D eigenvalue weighted by atomic mass is 9.97. The van der Waals surface area contributed by atoms with Crippen LogP contribution in [0.15, 0.2) is 41.8 Å². The minimum atomic E-state index is 0.0705. The van der Waals surface area contributed by atoms with Gasteiger partial charge in [0.05, 0.1) is 6.04 Å². The summed E-state index contributed by atoms with van der Waals surface area (Å²) in [7, 11) is 0. The summed E-state index contributed by atoms with van der Waals surface area (Å²) in [4.78, 5) is 13.2. The fourth-order valence-electron chi connectivity index (χ4n) is 2.13. The lowest BCUT2D eigenvalue weighted by Crippen LogP contribution is -2.27. The van der Waals surface area contributed by atoms with Crippen molar-refractivity contribution in [3.63, 3.8) is 0 Å². The molecule has 4 heteroatoms. The standard InChI is InChI=1S/C16H20N2OS/c1-11(13-5-7-14(17)8-6-13)10-16(19)18-12(2)15-4-3-9-20-15/h3-9,11-12H,10,17H2,1-2H3,(H,18,19). The fraction of sp³-hybridized carbons (Fsp3) is 0.312. The zero-order chi connectivity index (χ0) is 14.5. The summed E-state index contributed by atoms with van der Waals surface area (Å²) in [6, 6.07) is 11.8. The predicted octanol–water partition coefficient (Wildman–Crippen LogP) is 3.70. The van der Waals surface area contributed by atoms with E-state index in [2.05, 4.69) is 12.2 Å². The van der Waals surface area contributed by atoms with Crippen molar-refractivity contribution in [1.82, 2.24) is 5.32 Å². The van der Waals surface area contributed by atoms with Crippen molar-refractivity contribution in [1.29, 1.82) is 0 Å². The highest BCUT2D eigenvalue weighted by Gasteiger charge is 2.14. The van der Waals surface area contributed by atoms with Gasteiger partial charge in [0, 0.05) is 17.0 Å². The Morgan fingerprint density at radius 1 is 1.25 bits per heavy atom. The molecule has 3 nitrogen and oxygen atoms in total. The average Bonchev–Trinajstić information content (AvgIpc) is 2.93. The number of thiophene rings is 1. The van der Waals surface area contributed by atoms with Crippen LogP contribution in [0.5, 0.6) is 0 Å². The Morgan fingerprint density at radius 3 is 2.55 bits per heavy atom. The largest absolute Gasteiger partial charge is 0.399 e. The molecule has 0 bridgehead atoms. The van der Waals surface area contributed by atoms with Gasteiger partial charge in [-0.15, -0.1) is 11.3 Å². The molecule has 1 aromatic carbocycles. The van der Waals surface area contributed by atoms with Gasteiger partial charge in [0.1, 0.15) is 0 Å². The maximum absolute atomic E-state index is 12.1. The van der Waals surface area contributed by atoms with Crippen LogP contribution in [0, 0.1) is 0 Å². The van der Waals surface area contributed by atoms with E-state index in [9.17, 15) is 4.79 Å². The second kappa shape index (κ2) is 6.57. The highest BCUT2D eigenvalue weighted by atomic mass is 32.1. The van der Waals surface area contributed by atoms with Gasteiger partial charge in [-0.25, -0.2) is 0 Å². The maximum Gasteiger partial charge on any atom is 0.221 e. The molecule has 0 aliphatic carbocycles. The number of nitrogens with one attached hydrogen (secondary N) is 1. The van der Waals surface area contributed by atoms with Crippen LogP contribution in [0.2, 0.25) is 0 Å². The zero-order valence-electron chi connectivity index (χ0n) is 11.8. The molecule has 106 valence electrons. The van der Waals surface area contributed by atoms with E-state index in [0.717, 1.165) is 11.3 Å². The number of nitrogen functional groups attached to an aromatic ring is 1. The van der Waals surface area contributed by atoms with Gasteiger partial charge in [0.15, 0.2) is 0 Å². The summed E-state index contributed by atoms with van der Waals surface area (Å²) in [5.41, 5.74) is 7.55. The van der Waals surface area contributed by atoms with Gasteiger partial charge in [-0.1, -0.05) is 25.1 Å². The topological polar surface area (TPSA) is 55.1 Å². The molecule has 0 spiro atoms. The third-order valence-electron chi connectivity index (χ3n) is 3.34. The normalized spacial score (nSPS) is 13.7. The number of nitrogens with two attached hydrogens (primary N) is 1. The molecule has 0 saturated carbocycles. The lowest BCUT2D eigenvalue weighted by molar-refractivity contribution is -0.122. The molecular weight excluding hydrogens is 268 g/mol. The molecule has 3 N–H and O–H groups in total. The Bertz CT molecular complexity index is 548. The molecule has 0 saturated heterocycles. The molecule has 1 heterocycles. The highest BCUT2D eigenvalue weighted by Crippen LogP contribution is 2.22. The van der Waals surface area contributed by atoms with Crippen LogP contribution in [0.3, 0.4) is 0 Å². The Hall–Kier alpha value is -1.81. The molecule has 2 rings (SSSR count). The molecular formula is C16H20N2OS. The molecule has 2 unspecified atom stereocenters. The van der Waals surface area contributed by atoms with Crippen molar-refractivity contribution in [3.05, 3.63) is 52.2 Å². The first kappa shape index (κ1) is 14.6. The van der Waals surface area contributed by atoms with Gasteiger partial charge in [-0.3, -0.25) is 4.79 Å². The van der Waals surface area contributed by atoms with Gasteiger partial charge in [-0.05, 0) is 42.0 Å². The van der Waals surface area contributed by atoms with Gasteiger partial charge in [-0.2, -0.15) is 0 Å². The van der Waals surface area contributed by atoms with Gasteiger partial charge in [0.25, 0.3) is 0 Å². The molecule has 1 amide bonds. The van der Waals surface area contributed by atoms with E-state index in [0.29, 0.717) is 6.42 Å². The van der Waals surface area contributed by atoms with E-state index in [1.54, 1.807) is 11.3 Å². The maximum atomic E-state index is 12.1. The van der Waals surface area contributed by atoms with Crippen LogP contribution in [0.25, 0.3) is 0 Å². The number of carbonyl (C=O) groups excluding carboxylic acids is 1. The first-order valence-corrected chi connectivity index (χ1v) is 7.62. The third kappa shape index (κ3) is 3.84. The van der Waals surface area contributed by atoms with Crippen molar-refractivity contribution >= 4 is 22.9 Å². The Labute approximate surface area is 123 Å². The number of carbonyl (C=O) groups is 1. The first-order chi connectivity index (χ1) is 9.56. The molecule has 0 aliphatic rings. The molecule has 0 fully saturated rings. The minimum Gasteiger partial charge on any atom is -0.399 e. The van der Waals surface area contributed by atoms with E-state index in [-0.39, 0.29) is 17.9 Å². The Kier molecular flexibility index (Phi) is 4.79. The summed E-state index contributed by atoms with van der Waals surface area (Å²) in [5.74, 6) is 0.265. The molecule has 0 radical (unpaired) electrons. The van der Waals surface area contributed by atoms with Gasteiger partial charge < -0.3 is 11.1 Å². The van der Waals surface area contributed by atoms with Crippen molar-refractivity contribution < 1.29 is 4.79 Å². The monoisotopic (exact) mass is 288 g/mol. The number of benzene rings is 1. The quantitative estimate of drug-likeness (QED) is 0.824. The van der Waals surface area contributed by atoms with Crippen LogP contribution in [-0.2, 0) is 4.79 Å². The second-order valence-electron chi connectivity index (χ2n) is 5.08. The van der Waals surface area contributed by atoms with Gasteiger partial charge >= 0.3 is 0 Å². The summed E-state index contributed by atoms with van der Waals surface area (Å²) in [5, 5.41) is 5.06. The average molecular weight is 288 g/mol. The second-order valence-corrected chi connectivity index (χ2v) is 6.06. The summed E-state index contributed by atoms with van der Waals surface area (Å²) in [6.45, 7) is 4.07. The summed E-state index contributed by atoms with van der Waals surface area (Å²) in [6.07, 6.45) is 0.486.